The molecule has 312 valence electrons. The molecular formula is C43H54N10O6. The number of benzene rings is 2. The van der Waals surface area contributed by atoms with Crippen LogP contribution < -0.4 is 25.6 Å². The molecule has 0 radical (unpaired) electrons. The maximum absolute atomic E-state index is 13.0. The molecule has 2 aromatic heterocycles. The summed E-state index contributed by atoms with van der Waals surface area (Å²) in [6, 6.07) is 15.9. The van der Waals surface area contributed by atoms with Crippen molar-refractivity contribution in [3.8, 4) is 5.75 Å². The first kappa shape index (κ1) is 41.1. The molecule has 4 heterocycles. The largest absolute Gasteiger partial charge is 0.484 e. The number of anilines is 3. The third kappa shape index (κ3) is 10.4. The summed E-state index contributed by atoms with van der Waals surface area (Å²) >= 11 is 0. The van der Waals surface area contributed by atoms with E-state index in [-0.39, 0.29) is 42.7 Å². The van der Waals surface area contributed by atoms with E-state index in [2.05, 4.69) is 30.4 Å². The van der Waals surface area contributed by atoms with Gasteiger partial charge in [0.25, 0.3) is 17.7 Å². The number of fused-ring (bicyclic) bond motifs is 1. The first-order valence-electron chi connectivity index (χ1n) is 20.7. The number of urea groups is 1. The SMILES string of the molecule is CN(C)C(=O)c1cc2cnc(Nc3ccc(C(=O)NCCCCCCN4CCN(C(=O)COc5cccc(N6CCC(=O)NC6=O)c5)CC4)cc3)nc2n1C1CCCC1. The molecule has 0 spiro atoms. The number of carbonyl (C=O) groups excluding carboxylic acids is 5. The highest BCUT2D eigenvalue weighted by atomic mass is 16.5. The predicted octanol–water partition coefficient (Wildman–Crippen LogP) is 4.95. The summed E-state index contributed by atoms with van der Waals surface area (Å²) in [4.78, 5) is 79.0. The number of amides is 6. The minimum Gasteiger partial charge on any atom is -0.484 e. The first-order chi connectivity index (χ1) is 28.6. The third-order valence-corrected chi connectivity index (χ3v) is 11.3. The van der Waals surface area contributed by atoms with Gasteiger partial charge in [-0.3, -0.25) is 34.3 Å². The van der Waals surface area contributed by atoms with Gasteiger partial charge >= 0.3 is 6.03 Å². The summed E-state index contributed by atoms with van der Waals surface area (Å²) in [5.74, 6) is 0.397. The molecule has 16 heteroatoms. The lowest BCUT2D eigenvalue weighted by atomic mass is 10.1. The van der Waals surface area contributed by atoms with Crippen LogP contribution in [-0.4, -0.2) is 125 Å². The van der Waals surface area contributed by atoms with Crippen molar-refractivity contribution in [1.29, 1.82) is 0 Å². The Balaban J connectivity index is 0.771. The Morgan fingerprint density at radius 2 is 1.68 bits per heavy atom. The number of hydrogen-bond acceptors (Lipinski definition) is 10. The average molecular weight is 807 g/mol. The molecule has 0 unspecified atom stereocenters. The van der Waals surface area contributed by atoms with Gasteiger partial charge in [-0.1, -0.05) is 31.7 Å². The summed E-state index contributed by atoms with van der Waals surface area (Å²) in [6.45, 7) is 4.70. The van der Waals surface area contributed by atoms with Crippen LogP contribution in [0, 0.1) is 0 Å². The van der Waals surface area contributed by atoms with Crippen molar-refractivity contribution in [2.75, 3.05) is 76.7 Å². The van der Waals surface area contributed by atoms with Crippen molar-refractivity contribution in [2.24, 2.45) is 0 Å². The molecule has 0 atom stereocenters. The Bertz CT molecular complexity index is 2140. The number of aromatic nitrogens is 3. The normalized spacial score (nSPS) is 16.3. The molecular weight excluding hydrogens is 753 g/mol. The molecule has 2 aliphatic heterocycles. The smallest absolute Gasteiger partial charge is 0.328 e. The lowest BCUT2D eigenvalue weighted by molar-refractivity contribution is -0.135. The molecule has 3 N–H and O–H groups in total. The third-order valence-electron chi connectivity index (χ3n) is 11.3. The van der Waals surface area contributed by atoms with Crippen LogP contribution in [0.25, 0.3) is 11.0 Å². The number of nitrogens with one attached hydrogen (secondary N) is 3. The van der Waals surface area contributed by atoms with E-state index in [4.69, 9.17) is 9.72 Å². The molecule has 6 amide bonds. The number of unbranched alkanes of at least 4 members (excludes halogenated alkanes) is 3. The second-order valence-electron chi connectivity index (χ2n) is 15.6. The van der Waals surface area contributed by atoms with Gasteiger partial charge in [-0.2, -0.15) is 4.98 Å². The van der Waals surface area contributed by atoms with Crippen LogP contribution in [0.5, 0.6) is 5.75 Å². The van der Waals surface area contributed by atoms with Crippen LogP contribution in [0.15, 0.2) is 60.8 Å². The van der Waals surface area contributed by atoms with Crippen LogP contribution in [0.3, 0.4) is 0 Å². The van der Waals surface area contributed by atoms with Crippen LogP contribution >= 0.6 is 0 Å². The maximum atomic E-state index is 13.0. The van der Waals surface area contributed by atoms with E-state index in [0.29, 0.717) is 54.8 Å². The topological polar surface area (TPSA) is 174 Å². The Morgan fingerprint density at radius 3 is 2.42 bits per heavy atom. The molecule has 1 saturated carbocycles. The van der Waals surface area contributed by atoms with E-state index in [1.54, 1.807) is 61.6 Å². The lowest BCUT2D eigenvalue weighted by Gasteiger charge is -2.34. The van der Waals surface area contributed by atoms with Gasteiger partial charge in [0.05, 0.1) is 0 Å². The number of rotatable bonds is 16. The molecule has 4 aromatic rings. The summed E-state index contributed by atoms with van der Waals surface area (Å²) in [7, 11) is 3.53. The standard InChI is InChI=1S/C43H54N10O6/c1-49(2)41(57)36-26-31-28-45-42(48-39(31)53(36)33-10-5-6-11-33)46-32-16-14-30(15-17-32)40(56)44-19-7-3-4-8-20-50-22-24-51(25-23-50)38(55)29-59-35-13-9-12-34(27-35)52-21-18-37(54)47-43(52)58/h9,12-17,26-28,33H,3-8,10-11,18-25,29H2,1-2H3,(H,44,56)(H,45,46,48)(H,47,54,58). The van der Waals surface area contributed by atoms with Gasteiger partial charge in [-0.15, -0.1) is 0 Å². The van der Waals surface area contributed by atoms with Crippen LogP contribution in [0.4, 0.5) is 22.1 Å². The van der Waals surface area contributed by atoms with E-state index in [0.717, 1.165) is 87.7 Å². The zero-order valence-electron chi connectivity index (χ0n) is 34.0. The summed E-state index contributed by atoms with van der Waals surface area (Å²) in [5.41, 5.74) is 3.33. The molecule has 0 bridgehead atoms. The van der Waals surface area contributed by atoms with E-state index in [9.17, 15) is 24.0 Å². The van der Waals surface area contributed by atoms with Crippen LogP contribution in [-0.2, 0) is 9.59 Å². The van der Waals surface area contributed by atoms with Gasteiger partial charge in [-0.05, 0) is 74.7 Å². The average Bonchev–Trinajstić information content (AvgIpc) is 3.91. The van der Waals surface area contributed by atoms with Crippen LogP contribution in [0.1, 0.15) is 84.7 Å². The van der Waals surface area contributed by atoms with E-state index in [1.165, 1.54) is 4.90 Å². The van der Waals surface area contributed by atoms with Crippen molar-refractivity contribution in [3.05, 3.63) is 72.1 Å². The number of hydrogen-bond donors (Lipinski definition) is 3. The highest BCUT2D eigenvalue weighted by Gasteiger charge is 2.27. The number of piperazine rings is 1. The number of nitrogens with zero attached hydrogens (tertiary/aromatic N) is 7. The van der Waals surface area contributed by atoms with Gasteiger partial charge < -0.3 is 29.7 Å². The first-order valence-corrected chi connectivity index (χ1v) is 20.7. The minimum absolute atomic E-state index is 0.0463. The Morgan fingerprint density at radius 1 is 0.915 bits per heavy atom. The fraction of sp³-hybridized carbons (Fsp3) is 0.465. The minimum atomic E-state index is -0.465. The highest BCUT2D eigenvalue weighted by molar-refractivity contribution is 6.05. The zero-order valence-corrected chi connectivity index (χ0v) is 34.0. The molecule has 16 nitrogen and oxygen atoms in total. The van der Waals surface area contributed by atoms with Gasteiger partial charge in [-0.25, -0.2) is 9.78 Å². The number of imide groups is 1. The quantitative estimate of drug-likeness (QED) is 0.132. The van der Waals surface area contributed by atoms with E-state index >= 15 is 0 Å². The van der Waals surface area contributed by atoms with Crippen LogP contribution in [0.2, 0.25) is 0 Å². The van der Waals surface area contributed by atoms with Crippen molar-refractivity contribution in [1.82, 2.24) is 39.9 Å². The number of carbonyl (C=O) groups is 5. The zero-order chi connectivity index (χ0) is 41.3. The van der Waals surface area contributed by atoms with Gasteiger partial charge in [0.1, 0.15) is 17.1 Å². The highest BCUT2D eigenvalue weighted by Crippen LogP contribution is 2.35. The van der Waals surface area contributed by atoms with Crippen molar-refractivity contribution >= 4 is 58.0 Å². The van der Waals surface area contributed by atoms with Crippen molar-refractivity contribution in [3.63, 3.8) is 0 Å². The molecule has 7 rings (SSSR count). The monoisotopic (exact) mass is 806 g/mol. The maximum Gasteiger partial charge on any atom is 0.328 e. The fourth-order valence-corrected chi connectivity index (χ4v) is 7.95. The predicted molar refractivity (Wildman–Crippen MR) is 224 cm³/mol. The lowest BCUT2D eigenvalue weighted by Crippen LogP contribution is -2.50. The van der Waals surface area contributed by atoms with Gasteiger partial charge in [0.15, 0.2) is 6.61 Å². The van der Waals surface area contributed by atoms with Gasteiger partial charge in [0, 0.05) is 100 Å². The molecule has 59 heavy (non-hydrogen) atoms. The summed E-state index contributed by atoms with van der Waals surface area (Å²) in [5, 5.41) is 9.44. The molecule has 3 fully saturated rings. The second-order valence-corrected chi connectivity index (χ2v) is 15.6. The second kappa shape index (κ2) is 19.1. The fourth-order valence-electron chi connectivity index (χ4n) is 7.95. The summed E-state index contributed by atoms with van der Waals surface area (Å²) < 4.78 is 7.87. The molecule has 3 aliphatic rings. The van der Waals surface area contributed by atoms with Crippen molar-refractivity contribution in [2.45, 2.75) is 63.8 Å². The van der Waals surface area contributed by atoms with Gasteiger partial charge in [0.2, 0.25) is 11.9 Å². The van der Waals surface area contributed by atoms with E-state index in [1.807, 2.05) is 23.1 Å². The summed E-state index contributed by atoms with van der Waals surface area (Å²) in [6.07, 6.45) is 10.3. The number of ether oxygens (including phenoxy) is 1. The Hall–Kier alpha value is -6.03. The Kier molecular flexibility index (Phi) is 13.4. The molecule has 2 aromatic carbocycles. The molecule has 1 aliphatic carbocycles. The Labute approximate surface area is 344 Å². The molecule has 2 saturated heterocycles. The van der Waals surface area contributed by atoms with Crippen molar-refractivity contribution < 1.29 is 28.7 Å². The van der Waals surface area contributed by atoms with E-state index < -0.39 is 6.03 Å².